The summed E-state index contributed by atoms with van der Waals surface area (Å²) in [5.74, 6) is -1.44. The molecule has 0 spiro atoms. The summed E-state index contributed by atoms with van der Waals surface area (Å²) in [7, 11) is 0. The molecule has 0 saturated heterocycles. The van der Waals surface area contributed by atoms with Crippen LogP contribution in [0.2, 0.25) is 0 Å². The molecular weight excluding hydrogens is 256 g/mol. The summed E-state index contributed by atoms with van der Waals surface area (Å²) in [5, 5.41) is 12.0. The standard InChI is InChI=1S/C15H22N2O3/c1-3-7-12(16)10-13(18)17-15(2,14(19)20)11-8-5-4-6-9-11/h4-6,8-9,12H,3,7,10,16H2,1-2H3,(H,17,18)(H,19,20). The fourth-order valence-corrected chi connectivity index (χ4v) is 2.06. The number of carboxylic acid groups (broad SMARTS) is 1. The zero-order valence-electron chi connectivity index (χ0n) is 11.9. The number of carboxylic acids is 1. The van der Waals surface area contributed by atoms with Crippen molar-refractivity contribution < 1.29 is 14.7 Å². The lowest BCUT2D eigenvalue weighted by Gasteiger charge is -2.27. The first-order valence-electron chi connectivity index (χ1n) is 6.75. The molecule has 5 nitrogen and oxygen atoms in total. The van der Waals surface area contributed by atoms with Crippen molar-refractivity contribution in [2.24, 2.45) is 5.73 Å². The molecule has 2 atom stereocenters. The first-order chi connectivity index (χ1) is 9.40. The van der Waals surface area contributed by atoms with Crippen molar-refractivity contribution in [2.75, 3.05) is 0 Å². The summed E-state index contributed by atoms with van der Waals surface area (Å²) in [5.41, 5.74) is 4.90. The zero-order chi connectivity index (χ0) is 15.2. The van der Waals surface area contributed by atoms with Crippen LogP contribution in [0.4, 0.5) is 0 Å². The second kappa shape index (κ2) is 7.05. The Bertz CT molecular complexity index is 461. The first kappa shape index (κ1) is 16.2. The maximum atomic E-state index is 12.0. The Morgan fingerprint density at radius 2 is 1.95 bits per heavy atom. The zero-order valence-corrected chi connectivity index (χ0v) is 11.9. The van der Waals surface area contributed by atoms with Crippen molar-refractivity contribution in [1.82, 2.24) is 5.32 Å². The molecule has 1 amide bonds. The molecular formula is C15H22N2O3. The van der Waals surface area contributed by atoms with Gasteiger partial charge >= 0.3 is 5.97 Å². The van der Waals surface area contributed by atoms with Crippen LogP contribution in [0.3, 0.4) is 0 Å². The van der Waals surface area contributed by atoms with Crippen LogP contribution in [0.5, 0.6) is 0 Å². The number of carbonyl (C=O) groups is 2. The largest absolute Gasteiger partial charge is 0.479 e. The molecule has 110 valence electrons. The van der Waals surface area contributed by atoms with E-state index in [1.54, 1.807) is 30.3 Å². The monoisotopic (exact) mass is 278 g/mol. The smallest absolute Gasteiger partial charge is 0.333 e. The molecule has 1 aromatic carbocycles. The highest BCUT2D eigenvalue weighted by atomic mass is 16.4. The van der Waals surface area contributed by atoms with Crippen LogP contribution in [0.25, 0.3) is 0 Å². The van der Waals surface area contributed by atoms with Crippen molar-refractivity contribution in [3.8, 4) is 0 Å². The molecule has 5 heteroatoms. The second-order valence-electron chi connectivity index (χ2n) is 5.10. The summed E-state index contributed by atoms with van der Waals surface area (Å²) in [6.07, 6.45) is 1.76. The fourth-order valence-electron chi connectivity index (χ4n) is 2.06. The molecule has 0 aromatic heterocycles. The van der Waals surface area contributed by atoms with Gasteiger partial charge in [-0.05, 0) is 18.9 Å². The summed E-state index contributed by atoms with van der Waals surface area (Å²) < 4.78 is 0. The van der Waals surface area contributed by atoms with Crippen LogP contribution in [-0.2, 0) is 15.1 Å². The van der Waals surface area contributed by atoms with E-state index >= 15 is 0 Å². The van der Waals surface area contributed by atoms with E-state index in [0.29, 0.717) is 5.56 Å². The van der Waals surface area contributed by atoms with Gasteiger partial charge in [-0.1, -0.05) is 43.7 Å². The lowest BCUT2D eigenvalue weighted by atomic mass is 9.91. The molecule has 0 saturated carbocycles. The minimum atomic E-state index is -1.44. The topological polar surface area (TPSA) is 92.4 Å². The third-order valence-electron chi connectivity index (χ3n) is 3.28. The van der Waals surface area contributed by atoms with Crippen LogP contribution in [0, 0.1) is 0 Å². The fraction of sp³-hybridized carbons (Fsp3) is 0.467. The van der Waals surface area contributed by atoms with E-state index in [9.17, 15) is 14.7 Å². The molecule has 0 aliphatic carbocycles. The quantitative estimate of drug-likeness (QED) is 0.706. The van der Waals surface area contributed by atoms with Crippen LogP contribution in [-0.4, -0.2) is 23.0 Å². The van der Waals surface area contributed by atoms with Gasteiger partial charge in [0.05, 0.1) is 0 Å². The highest BCUT2D eigenvalue weighted by Crippen LogP contribution is 2.21. The van der Waals surface area contributed by atoms with Crippen molar-refractivity contribution in [1.29, 1.82) is 0 Å². The molecule has 0 aliphatic rings. The number of carbonyl (C=O) groups excluding carboxylic acids is 1. The number of nitrogens with two attached hydrogens (primary N) is 1. The summed E-state index contributed by atoms with van der Waals surface area (Å²) in [4.78, 5) is 23.5. The van der Waals surface area contributed by atoms with Crippen LogP contribution >= 0.6 is 0 Å². The summed E-state index contributed by atoms with van der Waals surface area (Å²) in [6, 6.07) is 8.40. The average Bonchev–Trinajstić information content (AvgIpc) is 2.39. The summed E-state index contributed by atoms with van der Waals surface area (Å²) in [6.45, 7) is 3.47. The van der Waals surface area contributed by atoms with Crippen molar-refractivity contribution in [2.45, 2.75) is 44.7 Å². The maximum Gasteiger partial charge on any atom is 0.333 e. The molecule has 20 heavy (non-hydrogen) atoms. The third-order valence-corrected chi connectivity index (χ3v) is 3.28. The van der Waals surface area contributed by atoms with E-state index in [1.807, 2.05) is 6.92 Å². The lowest BCUT2D eigenvalue weighted by Crippen LogP contribution is -2.50. The van der Waals surface area contributed by atoms with Crippen molar-refractivity contribution in [3.63, 3.8) is 0 Å². The highest BCUT2D eigenvalue weighted by Gasteiger charge is 2.36. The number of nitrogens with one attached hydrogen (secondary N) is 1. The normalized spacial score (nSPS) is 15.2. The van der Waals surface area contributed by atoms with E-state index in [4.69, 9.17) is 5.73 Å². The predicted octanol–water partition coefficient (Wildman–Crippen LogP) is 1.62. The van der Waals surface area contributed by atoms with Gasteiger partial charge in [-0.2, -0.15) is 0 Å². The van der Waals surface area contributed by atoms with Crippen molar-refractivity contribution in [3.05, 3.63) is 35.9 Å². The minimum absolute atomic E-state index is 0.129. The Hall–Kier alpha value is -1.88. The molecule has 0 bridgehead atoms. The van der Waals surface area contributed by atoms with E-state index in [0.717, 1.165) is 12.8 Å². The van der Waals surface area contributed by atoms with Crippen LogP contribution in [0.1, 0.15) is 38.7 Å². The SMILES string of the molecule is CCCC(N)CC(=O)NC(C)(C(=O)O)c1ccccc1. The molecule has 0 radical (unpaired) electrons. The Morgan fingerprint density at radius 1 is 1.35 bits per heavy atom. The van der Waals surface area contributed by atoms with Crippen molar-refractivity contribution >= 4 is 11.9 Å². The van der Waals surface area contributed by atoms with Gasteiger partial charge in [0, 0.05) is 12.5 Å². The Morgan fingerprint density at radius 3 is 2.45 bits per heavy atom. The lowest BCUT2D eigenvalue weighted by molar-refractivity contribution is -0.147. The number of benzene rings is 1. The van der Waals surface area contributed by atoms with Crippen LogP contribution in [0.15, 0.2) is 30.3 Å². The van der Waals surface area contributed by atoms with E-state index in [2.05, 4.69) is 5.32 Å². The first-order valence-corrected chi connectivity index (χ1v) is 6.75. The molecule has 1 rings (SSSR count). The third kappa shape index (κ3) is 4.06. The number of rotatable bonds is 7. The van der Waals surface area contributed by atoms with Gasteiger partial charge in [0.2, 0.25) is 5.91 Å². The van der Waals surface area contributed by atoms with E-state index < -0.39 is 11.5 Å². The molecule has 4 N–H and O–H groups in total. The molecule has 1 aromatic rings. The van der Waals surface area contributed by atoms with E-state index in [1.165, 1.54) is 6.92 Å². The van der Waals surface area contributed by atoms with Gasteiger partial charge in [-0.3, -0.25) is 4.79 Å². The van der Waals surface area contributed by atoms with Gasteiger partial charge in [0.15, 0.2) is 5.54 Å². The molecule has 0 aliphatic heterocycles. The molecule has 0 fully saturated rings. The average molecular weight is 278 g/mol. The Balaban J connectivity index is 2.83. The van der Waals surface area contributed by atoms with Gasteiger partial charge in [-0.25, -0.2) is 4.79 Å². The predicted molar refractivity (Wildman–Crippen MR) is 77.1 cm³/mol. The summed E-state index contributed by atoms with van der Waals surface area (Å²) >= 11 is 0. The Labute approximate surface area is 119 Å². The van der Waals surface area contributed by atoms with Gasteiger partial charge in [0.1, 0.15) is 0 Å². The highest BCUT2D eigenvalue weighted by molar-refractivity contribution is 5.88. The number of amides is 1. The maximum absolute atomic E-state index is 12.0. The van der Waals surface area contributed by atoms with Crippen LogP contribution < -0.4 is 11.1 Å². The van der Waals surface area contributed by atoms with Gasteiger partial charge in [-0.15, -0.1) is 0 Å². The molecule has 2 unspecified atom stereocenters. The minimum Gasteiger partial charge on any atom is -0.479 e. The van der Waals surface area contributed by atoms with Gasteiger partial charge in [0.25, 0.3) is 0 Å². The number of hydrogen-bond acceptors (Lipinski definition) is 3. The molecule has 0 heterocycles. The Kier molecular flexibility index (Phi) is 5.70. The second-order valence-corrected chi connectivity index (χ2v) is 5.10. The van der Waals surface area contributed by atoms with Gasteiger partial charge < -0.3 is 16.2 Å². The number of hydrogen-bond donors (Lipinski definition) is 3. The van der Waals surface area contributed by atoms with E-state index in [-0.39, 0.29) is 18.4 Å². The number of aliphatic carboxylic acids is 1.